The quantitative estimate of drug-likeness (QED) is 0.152. The second-order valence-corrected chi connectivity index (χ2v) is 5.85. The number of aliphatic hydroxyl groups excluding tert-OH is 4. The van der Waals surface area contributed by atoms with Crippen molar-refractivity contribution in [2.45, 2.75) is 44.0 Å². The molecule has 5 atom stereocenters. The largest absolute Gasteiger partial charge is 0.394 e. The number of benzene rings is 1. The molecule has 134 valence electrons. The van der Waals surface area contributed by atoms with Crippen molar-refractivity contribution in [2.24, 2.45) is 16.7 Å². The fourth-order valence-corrected chi connectivity index (χ4v) is 2.46. The number of aryl methyl sites for hydroxylation is 1. The van der Waals surface area contributed by atoms with Crippen molar-refractivity contribution in [2.75, 3.05) is 6.61 Å². The van der Waals surface area contributed by atoms with E-state index in [1.807, 2.05) is 31.2 Å². The monoisotopic (exact) mass is 340 g/mol. The van der Waals surface area contributed by atoms with E-state index >= 15 is 0 Å². The fourth-order valence-electron chi connectivity index (χ4n) is 2.46. The van der Waals surface area contributed by atoms with Crippen LogP contribution in [0.25, 0.3) is 0 Å². The van der Waals surface area contributed by atoms with E-state index in [9.17, 15) is 15.3 Å². The Morgan fingerprint density at radius 2 is 1.79 bits per heavy atom. The molecule has 0 saturated carbocycles. The highest BCUT2D eigenvalue weighted by Crippen LogP contribution is 2.22. The van der Waals surface area contributed by atoms with Gasteiger partial charge >= 0.3 is 0 Å². The first-order valence-electron chi connectivity index (χ1n) is 7.56. The predicted molar refractivity (Wildman–Crippen MR) is 86.3 cm³/mol. The van der Waals surface area contributed by atoms with Crippen LogP contribution >= 0.6 is 0 Å². The fraction of sp³-hybridized carbons (Fsp3) is 0.533. The number of hydrogen-bond acceptors (Lipinski definition) is 8. The van der Waals surface area contributed by atoms with Crippen LogP contribution in [0.3, 0.4) is 0 Å². The Morgan fingerprint density at radius 1 is 1.17 bits per heavy atom. The number of nitrogens with zero attached hydrogens (tertiary/aromatic N) is 2. The summed E-state index contributed by atoms with van der Waals surface area (Å²) >= 11 is 0. The maximum Gasteiger partial charge on any atom is 0.190 e. The van der Waals surface area contributed by atoms with E-state index in [2.05, 4.69) is 5.10 Å². The van der Waals surface area contributed by atoms with Crippen LogP contribution in [0.15, 0.2) is 29.4 Å². The molecular formula is C15H24N4O5. The van der Waals surface area contributed by atoms with Crippen LogP contribution in [0.5, 0.6) is 0 Å². The molecule has 0 radical (unpaired) electrons. The van der Waals surface area contributed by atoms with Crippen molar-refractivity contribution in [3.63, 3.8) is 0 Å². The number of amidine groups is 1. The maximum absolute atomic E-state index is 9.98. The topological polar surface area (TPSA) is 158 Å². The standard InChI is InChI=1S/C15H24N4O5/c1-8-2-4-9(5-3-8)6-11(16)18-19(17)15-14(23)13(22)12(21)10(7-20)24-15/h2-5,10,12-15,20-23H,6-7,17H2,1H3,(H2,16,18). The summed E-state index contributed by atoms with van der Waals surface area (Å²) in [5.74, 6) is 5.93. The molecule has 0 amide bonds. The van der Waals surface area contributed by atoms with E-state index < -0.39 is 37.3 Å². The molecule has 24 heavy (non-hydrogen) atoms. The molecule has 0 aliphatic carbocycles. The maximum atomic E-state index is 9.98. The molecule has 0 bridgehead atoms. The highest BCUT2D eigenvalue weighted by Gasteiger charge is 2.45. The molecule has 1 fully saturated rings. The van der Waals surface area contributed by atoms with E-state index in [-0.39, 0.29) is 5.84 Å². The Labute approximate surface area is 139 Å². The lowest BCUT2D eigenvalue weighted by Crippen LogP contribution is -2.63. The molecule has 9 nitrogen and oxygen atoms in total. The Bertz CT molecular complexity index is 565. The molecular weight excluding hydrogens is 316 g/mol. The zero-order chi connectivity index (χ0) is 17.9. The van der Waals surface area contributed by atoms with Gasteiger partial charge in [-0.3, -0.25) is 0 Å². The normalized spacial score (nSPS) is 31.1. The summed E-state index contributed by atoms with van der Waals surface area (Å²) in [5.41, 5.74) is 7.91. The lowest BCUT2D eigenvalue weighted by atomic mass is 9.98. The SMILES string of the molecule is Cc1ccc(C/C(N)=N/N(N)C2OC(CO)C(O)C(O)C2O)cc1. The highest BCUT2D eigenvalue weighted by molar-refractivity contribution is 5.82. The van der Waals surface area contributed by atoms with E-state index in [0.29, 0.717) is 6.42 Å². The molecule has 8 N–H and O–H groups in total. The minimum Gasteiger partial charge on any atom is -0.394 e. The van der Waals surface area contributed by atoms with Gasteiger partial charge in [-0.25, -0.2) is 5.84 Å². The lowest BCUT2D eigenvalue weighted by Gasteiger charge is -2.41. The smallest absolute Gasteiger partial charge is 0.190 e. The average molecular weight is 340 g/mol. The van der Waals surface area contributed by atoms with Crippen molar-refractivity contribution in [1.29, 1.82) is 0 Å². The first-order valence-corrected chi connectivity index (χ1v) is 7.56. The van der Waals surface area contributed by atoms with Crippen LogP contribution in [-0.4, -0.2) is 68.6 Å². The summed E-state index contributed by atoms with van der Waals surface area (Å²) in [6.45, 7) is 1.43. The molecule has 1 heterocycles. The molecule has 5 unspecified atom stereocenters. The minimum absolute atomic E-state index is 0.179. The molecule has 2 rings (SSSR count). The van der Waals surface area contributed by atoms with Crippen LogP contribution in [-0.2, 0) is 11.2 Å². The molecule has 1 saturated heterocycles. The number of hydrogen-bond donors (Lipinski definition) is 6. The molecule has 0 aromatic heterocycles. The van der Waals surface area contributed by atoms with Gasteiger partial charge in [0.05, 0.1) is 6.61 Å². The van der Waals surface area contributed by atoms with Crippen LogP contribution in [0, 0.1) is 6.92 Å². The summed E-state index contributed by atoms with van der Waals surface area (Å²) < 4.78 is 5.29. The summed E-state index contributed by atoms with van der Waals surface area (Å²) in [6, 6.07) is 7.71. The third kappa shape index (κ3) is 4.20. The molecule has 1 aliphatic heterocycles. The number of ether oxygens (including phenoxy) is 1. The number of nitrogens with two attached hydrogens (primary N) is 2. The summed E-state index contributed by atoms with van der Waals surface area (Å²) in [7, 11) is 0. The van der Waals surface area contributed by atoms with E-state index in [4.69, 9.17) is 21.4 Å². The van der Waals surface area contributed by atoms with Gasteiger partial charge in [0.25, 0.3) is 0 Å². The van der Waals surface area contributed by atoms with Crippen molar-refractivity contribution < 1.29 is 25.2 Å². The zero-order valence-electron chi connectivity index (χ0n) is 13.4. The molecule has 1 aliphatic rings. The summed E-state index contributed by atoms with van der Waals surface area (Å²) in [4.78, 5) is 0. The second-order valence-electron chi connectivity index (χ2n) is 5.85. The van der Waals surface area contributed by atoms with Crippen LogP contribution in [0.1, 0.15) is 11.1 Å². The highest BCUT2D eigenvalue weighted by atomic mass is 16.6. The van der Waals surface area contributed by atoms with E-state index in [0.717, 1.165) is 16.2 Å². The zero-order valence-corrected chi connectivity index (χ0v) is 13.4. The van der Waals surface area contributed by atoms with Gasteiger partial charge in [-0.15, -0.1) is 5.10 Å². The van der Waals surface area contributed by atoms with Crippen LogP contribution in [0.2, 0.25) is 0 Å². The Morgan fingerprint density at radius 3 is 2.38 bits per heavy atom. The predicted octanol–water partition coefficient (Wildman–Crippen LogP) is -2.21. The Balaban J connectivity index is 2.06. The third-order valence-corrected chi connectivity index (χ3v) is 3.88. The lowest BCUT2D eigenvalue weighted by molar-refractivity contribution is -0.266. The average Bonchev–Trinajstić information content (AvgIpc) is 2.55. The van der Waals surface area contributed by atoms with Crippen LogP contribution < -0.4 is 11.6 Å². The van der Waals surface area contributed by atoms with Gasteiger partial charge in [0.1, 0.15) is 30.3 Å². The Hall–Kier alpha value is -1.75. The van der Waals surface area contributed by atoms with Crippen LogP contribution in [0.4, 0.5) is 0 Å². The van der Waals surface area contributed by atoms with Crippen molar-refractivity contribution in [3.8, 4) is 0 Å². The van der Waals surface area contributed by atoms with Crippen molar-refractivity contribution in [3.05, 3.63) is 35.4 Å². The Kier molecular flexibility index (Phi) is 6.10. The van der Waals surface area contributed by atoms with E-state index in [1.54, 1.807) is 0 Å². The summed E-state index contributed by atoms with van der Waals surface area (Å²) in [6.07, 6.45) is -6.47. The number of hydrazone groups is 1. The molecule has 0 spiro atoms. The first kappa shape index (κ1) is 18.6. The molecule has 9 heteroatoms. The van der Waals surface area contributed by atoms with Gasteiger partial charge in [-0.2, -0.15) is 5.12 Å². The first-order chi connectivity index (χ1) is 11.3. The second kappa shape index (κ2) is 7.88. The van der Waals surface area contributed by atoms with Crippen molar-refractivity contribution >= 4 is 5.84 Å². The van der Waals surface area contributed by atoms with Gasteiger partial charge in [-0.1, -0.05) is 29.8 Å². The molecule has 1 aromatic carbocycles. The van der Waals surface area contributed by atoms with Gasteiger partial charge < -0.3 is 30.9 Å². The third-order valence-electron chi connectivity index (χ3n) is 3.88. The summed E-state index contributed by atoms with van der Waals surface area (Å²) in [5, 5.41) is 43.4. The number of aliphatic hydroxyl groups is 4. The molecule has 1 aromatic rings. The van der Waals surface area contributed by atoms with Gasteiger partial charge in [-0.05, 0) is 12.5 Å². The van der Waals surface area contributed by atoms with E-state index in [1.165, 1.54) is 0 Å². The van der Waals surface area contributed by atoms with Crippen molar-refractivity contribution in [1.82, 2.24) is 5.12 Å². The minimum atomic E-state index is -1.53. The van der Waals surface area contributed by atoms with Gasteiger partial charge in [0.2, 0.25) is 0 Å². The number of rotatable bonds is 5. The number of hydrazine groups is 1. The van der Waals surface area contributed by atoms with Gasteiger partial charge in [0.15, 0.2) is 6.23 Å². The van der Waals surface area contributed by atoms with Gasteiger partial charge in [0, 0.05) is 6.42 Å².